The number of nitrogens with zero attached hydrogens (tertiary/aromatic N) is 5. The number of aromatic carboxylic acids is 1. The van der Waals surface area contributed by atoms with Gasteiger partial charge in [-0.2, -0.15) is 5.10 Å². The number of halogens is 3. The lowest BCUT2D eigenvalue weighted by Gasteiger charge is -2.27. The Hall–Kier alpha value is -3.94. The van der Waals surface area contributed by atoms with Crippen LogP contribution in [-0.4, -0.2) is 89.9 Å². The van der Waals surface area contributed by atoms with Crippen LogP contribution in [0.15, 0.2) is 67.0 Å². The smallest absolute Gasteiger partial charge is 0.357 e. The van der Waals surface area contributed by atoms with Crippen molar-refractivity contribution in [1.82, 2.24) is 25.4 Å². The summed E-state index contributed by atoms with van der Waals surface area (Å²) in [6.07, 6.45) is 4.51. The Morgan fingerprint density at radius 1 is 1.00 bits per heavy atom. The summed E-state index contributed by atoms with van der Waals surface area (Å²) < 4.78 is 6.06. The average Bonchev–Trinajstić information content (AvgIpc) is 3.49. The number of anilines is 2. The number of H-pyrrole nitrogens is 1. The number of amides is 2. The maximum Gasteiger partial charge on any atom is 0.357 e. The van der Waals surface area contributed by atoms with Gasteiger partial charge in [-0.15, -0.1) is 37.2 Å². The molecule has 4 aromatic rings. The first-order valence-corrected chi connectivity index (χ1v) is 15.4. The molecular formula is C34H46Cl3N7O5. The molecule has 5 rings (SSSR count). The summed E-state index contributed by atoms with van der Waals surface area (Å²) in [5, 5.41) is 18.9. The quantitative estimate of drug-likeness (QED) is 0.128. The third-order valence-electron chi connectivity index (χ3n) is 7.93. The van der Waals surface area contributed by atoms with Gasteiger partial charge in [0.2, 0.25) is 11.8 Å². The van der Waals surface area contributed by atoms with Crippen LogP contribution in [0.4, 0.5) is 11.4 Å². The summed E-state index contributed by atoms with van der Waals surface area (Å²) in [6.45, 7) is 9.98. The van der Waals surface area contributed by atoms with Gasteiger partial charge >= 0.3 is 5.97 Å². The Labute approximate surface area is 305 Å². The number of benzene rings is 2. The Balaban J connectivity index is 0.000000674. The summed E-state index contributed by atoms with van der Waals surface area (Å²) in [4.78, 5) is 46.4. The van der Waals surface area contributed by atoms with E-state index in [4.69, 9.17) is 9.84 Å². The van der Waals surface area contributed by atoms with Crippen molar-refractivity contribution in [3.05, 3.63) is 78.2 Å². The molecule has 1 aliphatic rings. The van der Waals surface area contributed by atoms with E-state index in [1.165, 1.54) is 5.56 Å². The number of pyridine rings is 1. The summed E-state index contributed by atoms with van der Waals surface area (Å²) in [7, 11) is 3.68. The first kappa shape index (κ1) is 43.1. The second-order valence-electron chi connectivity index (χ2n) is 11.5. The number of para-hydroxylation sites is 1. The molecule has 0 spiro atoms. The molecule has 0 fully saturated rings. The Bertz CT molecular complexity index is 1660. The fourth-order valence-corrected chi connectivity index (χ4v) is 5.36. The molecule has 3 heterocycles. The lowest BCUT2D eigenvalue weighted by atomic mass is 9.90. The predicted octanol–water partition coefficient (Wildman–Crippen LogP) is 5.45. The Kier molecular flexibility index (Phi) is 17.5. The fourth-order valence-electron chi connectivity index (χ4n) is 5.36. The van der Waals surface area contributed by atoms with E-state index >= 15 is 0 Å². The molecule has 1 aliphatic heterocycles. The number of likely N-dealkylation sites (N-methyl/N-ethyl adjacent to an activating group) is 1. The molecule has 0 saturated carbocycles. The maximum absolute atomic E-state index is 13.0. The zero-order valence-electron chi connectivity index (χ0n) is 28.3. The second-order valence-corrected chi connectivity index (χ2v) is 11.5. The van der Waals surface area contributed by atoms with Crippen molar-refractivity contribution in [2.75, 3.05) is 56.7 Å². The maximum atomic E-state index is 13.0. The van der Waals surface area contributed by atoms with Crippen LogP contribution in [0, 0.1) is 5.41 Å². The molecule has 2 aromatic carbocycles. The molecule has 0 bridgehead atoms. The molecule has 12 nitrogen and oxygen atoms in total. The summed E-state index contributed by atoms with van der Waals surface area (Å²) in [5.74, 6) is -0.719. The minimum Gasteiger partial charge on any atom is -0.493 e. The van der Waals surface area contributed by atoms with E-state index in [0.717, 1.165) is 43.8 Å². The van der Waals surface area contributed by atoms with Gasteiger partial charge in [0, 0.05) is 63.6 Å². The molecule has 0 aliphatic carbocycles. The van der Waals surface area contributed by atoms with E-state index in [1.54, 1.807) is 48.9 Å². The van der Waals surface area contributed by atoms with Gasteiger partial charge in [-0.3, -0.25) is 24.6 Å². The van der Waals surface area contributed by atoms with Crippen LogP contribution in [0.5, 0.6) is 5.75 Å². The largest absolute Gasteiger partial charge is 0.493 e. The second kappa shape index (κ2) is 19.9. The lowest BCUT2D eigenvalue weighted by Crippen LogP contribution is -2.47. The van der Waals surface area contributed by atoms with Gasteiger partial charge in [0.15, 0.2) is 5.69 Å². The number of hydrogen-bond donors (Lipinski definition) is 3. The van der Waals surface area contributed by atoms with E-state index in [0.29, 0.717) is 30.0 Å². The van der Waals surface area contributed by atoms with Crippen molar-refractivity contribution < 1.29 is 24.2 Å². The Morgan fingerprint density at radius 3 is 2.35 bits per heavy atom. The number of hydrogen-bond acceptors (Lipinski definition) is 8. The van der Waals surface area contributed by atoms with Crippen LogP contribution in [0.3, 0.4) is 0 Å². The standard InChI is InChI=1S/C26H37N5O3.C8H6N2O2.3ClH/c1-6-31-22-9-8-21(18-23(22)29(5)24(32)26(2,3)25(31)33)34-17-7-15-30(16-14-27-4)19-20-10-12-28-13-11-20;11-8(12)7-5-3-1-2-4-6(5)9-10-7;;;/h8-13,18,27H,6-7,14-17,19H2,1-5H3;1-4H,(H,9,10)(H,11,12);3*1H. The van der Waals surface area contributed by atoms with Gasteiger partial charge in [-0.25, -0.2) is 4.79 Å². The fraction of sp³-hybridized carbons (Fsp3) is 0.382. The number of ether oxygens (including phenoxy) is 1. The molecule has 268 valence electrons. The van der Waals surface area contributed by atoms with Gasteiger partial charge in [0.05, 0.1) is 23.5 Å². The molecule has 49 heavy (non-hydrogen) atoms. The normalized spacial score (nSPS) is 13.3. The zero-order chi connectivity index (χ0) is 33.3. The SMILES string of the molecule is CCN1C(=O)C(C)(C)C(=O)N(C)c2cc(OCCCN(CCNC)Cc3ccncc3)ccc21.Cl.Cl.Cl.O=C(O)c1n[nH]c2ccccc12. The number of carbonyl (C=O) groups excluding carboxylic acids is 2. The van der Waals surface area contributed by atoms with Gasteiger partial charge in [-0.05, 0) is 70.1 Å². The lowest BCUT2D eigenvalue weighted by molar-refractivity contribution is -0.137. The third-order valence-corrected chi connectivity index (χ3v) is 7.93. The molecule has 15 heteroatoms. The van der Waals surface area contributed by atoms with Crippen LogP contribution >= 0.6 is 37.2 Å². The number of carbonyl (C=O) groups is 3. The Morgan fingerprint density at radius 2 is 1.69 bits per heavy atom. The van der Waals surface area contributed by atoms with Gasteiger partial charge in [0.1, 0.15) is 11.2 Å². The van der Waals surface area contributed by atoms with Crippen LogP contribution in [0.25, 0.3) is 10.9 Å². The van der Waals surface area contributed by atoms with Crippen molar-refractivity contribution in [1.29, 1.82) is 0 Å². The van der Waals surface area contributed by atoms with Crippen molar-refractivity contribution in [2.45, 2.75) is 33.7 Å². The van der Waals surface area contributed by atoms with E-state index < -0.39 is 11.4 Å². The topological polar surface area (TPSA) is 144 Å². The monoisotopic (exact) mass is 737 g/mol. The van der Waals surface area contributed by atoms with Crippen molar-refractivity contribution >= 4 is 77.3 Å². The number of aromatic nitrogens is 3. The summed E-state index contributed by atoms with van der Waals surface area (Å²) >= 11 is 0. The molecule has 3 N–H and O–H groups in total. The molecule has 0 saturated heterocycles. The number of nitrogens with one attached hydrogen (secondary N) is 2. The van der Waals surface area contributed by atoms with Crippen LogP contribution in [-0.2, 0) is 16.1 Å². The molecular weight excluding hydrogens is 693 g/mol. The minimum absolute atomic E-state index is 0. The minimum atomic E-state index is -1.11. The van der Waals surface area contributed by atoms with Crippen LogP contribution in [0.2, 0.25) is 0 Å². The summed E-state index contributed by atoms with van der Waals surface area (Å²) in [5.41, 5.74) is 2.37. The number of carboxylic acid groups (broad SMARTS) is 1. The number of rotatable bonds is 12. The molecule has 0 atom stereocenters. The number of carboxylic acids is 1. The molecule has 0 radical (unpaired) electrons. The van der Waals surface area contributed by atoms with Crippen molar-refractivity contribution in [3.63, 3.8) is 0 Å². The van der Waals surface area contributed by atoms with Gasteiger partial charge in [-0.1, -0.05) is 18.2 Å². The van der Waals surface area contributed by atoms with E-state index in [-0.39, 0.29) is 54.7 Å². The number of aromatic amines is 1. The van der Waals surface area contributed by atoms with Crippen LogP contribution < -0.4 is 19.9 Å². The molecule has 2 aromatic heterocycles. The highest BCUT2D eigenvalue weighted by atomic mass is 35.5. The summed E-state index contributed by atoms with van der Waals surface area (Å²) in [6, 6.07) is 16.8. The number of fused-ring (bicyclic) bond motifs is 2. The van der Waals surface area contributed by atoms with E-state index in [1.807, 2.05) is 62.8 Å². The van der Waals surface area contributed by atoms with E-state index in [9.17, 15) is 14.4 Å². The predicted molar refractivity (Wildman–Crippen MR) is 200 cm³/mol. The van der Waals surface area contributed by atoms with Gasteiger partial charge in [0.25, 0.3) is 0 Å². The third kappa shape index (κ3) is 10.5. The van der Waals surface area contributed by atoms with Crippen molar-refractivity contribution in [3.8, 4) is 5.75 Å². The molecule has 2 amide bonds. The van der Waals surface area contributed by atoms with Crippen LogP contribution in [0.1, 0.15) is 43.2 Å². The highest BCUT2D eigenvalue weighted by Gasteiger charge is 2.45. The highest BCUT2D eigenvalue weighted by molar-refractivity contribution is 6.20. The van der Waals surface area contributed by atoms with Crippen molar-refractivity contribution in [2.24, 2.45) is 5.41 Å². The van der Waals surface area contributed by atoms with Gasteiger partial charge < -0.3 is 25.0 Å². The first-order chi connectivity index (χ1) is 22.1. The average molecular weight is 739 g/mol. The first-order valence-electron chi connectivity index (χ1n) is 15.4. The zero-order valence-corrected chi connectivity index (χ0v) is 30.8. The van der Waals surface area contributed by atoms with E-state index in [2.05, 4.69) is 25.4 Å². The molecule has 0 unspecified atom stereocenters. The highest BCUT2D eigenvalue weighted by Crippen LogP contribution is 2.40.